The lowest BCUT2D eigenvalue weighted by Crippen LogP contribution is -2.55. The average Bonchev–Trinajstić information content (AvgIpc) is 3.06. The summed E-state index contributed by atoms with van der Waals surface area (Å²) in [5.41, 5.74) is 0.755. The highest BCUT2D eigenvalue weighted by Crippen LogP contribution is 2.17. The van der Waals surface area contributed by atoms with Gasteiger partial charge in [-0.05, 0) is 20.8 Å². The molecule has 0 unspecified atom stereocenters. The molecule has 0 aromatic carbocycles. The highest BCUT2D eigenvalue weighted by molar-refractivity contribution is 5.98. The molecule has 9 heteroatoms. The Morgan fingerprint density at radius 2 is 2.18 bits per heavy atom. The molecule has 2 fully saturated rings. The Labute approximate surface area is 167 Å². The van der Waals surface area contributed by atoms with Gasteiger partial charge in [-0.1, -0.05) is 0 Å². The number of guanidine groups is 1. The second kappa shape index (κ2) is 8.91. The Morgan fingerprint density at radius 3 is 2.82 bits per heavy atom. The van der Waals surface area contributed by atoms with E-state index in [1.807, 2.05) is 25.1 Å². The van der Waals surface area contributed by atoms with Gasteiger partial charge in [0.1, 0.15) is 6.54 Å². The number of rotatable bonds is 5. The van der Waals surface area contributed by atoms with Gasteiger partial charge in [-0.3, -0.25) is 19.4 Å². The number of amides is 1. The van der Waals surface area contributed by atoms with Gasteiger partial charge in [0.05, 0.1) is 30.6 Å². The highest BCUT2D eigenvalue weighted by Gasteiger charge is 2.28. The van der Waals surface area contributed by atoms with Crippen LogP contribution in [0.4, 0.5) is 5.69 Å². The number of aryl methyl sites for hydroxylation is 1. The molecule has 0 radical (unpaired) electrons. The number of carbonyl (C=O) groups excluding carboxylic acids is 1. The SMILES string of the molecule is CCNC(=NCCN1CCOC(C)(C)C1)N1CCN(c2cnn(C)c2)C(=O)C1. The number of anilines is 1. The van der Waals surface area contributed by atoms with Crippen LogP contribution in [-0.2, 0) is 16.6 Å². The minimum Gasteiger partial charge on any atom is -0.373 e. The summed E-state index contributed by atoms with van der Waals surface area (Å²) in [4.78, 5) is 23.7. The summed E-state index contributed by atoms with van der Waals surface area (Å²) in [6.07, 6.45) is 3.60. The molecule has 2 aliphatic rings. The van der Waals surface area contributed by atoms with Crippen LogP contribution in [-0.4, -0.2) is 96.0 Å². The van der Waals surface area contributed by atoms with Crippen LogP contribution in [0.3, 0.4) is 0 Å². The first-order chi connectivity index (χ1) is 13.4. The number of carbonyl (C=O) groups is 1. The fraction of sp³-hybridized carbons (Fsp3) is 0.737. The van der Waals surface area contributed by atoms with E-state index in [2.05, 4.69) is 29.2 Å². The zero-order valence-electron chi connectivity index (χ0n) is 17.5. The standard InChI is InChI=1S/C19H33N7O2/c1-5-20-18(21-6-7-24-10-11-28-19(2,3)15-24)25-8-9-26(17(27)14-25)16-12-22-23(4)13-16/h12-13H,5-11,14-15H2,1-4H3,(H,20,21). The summed E-state index contributed by atoms with van der Waals surface area (Å²) < 4.78 is 7.49. The molecule has 9 nitrogen and oxygen atoms in total. The number of hydrogen-bond acceptors (Lipinski definition) is 5. The molecule has 28 heavy (non-hydrogen) atoms. The number of hydrogen-bond donors (Lipinski definition) is 1. The molecule has 2 saturated heterocycles. The number of ether oxygens (including phenoxy) is 1. The Kier molecular flexibility index (Phi) is 6.56. The molecule has 0 aliphatic carbocycles. The molecule has 1 aromatic rings. The van der Waals surface area contributed by atoms with Crippen LogP contribution in [0.1, 0.15) is 20.8 Å². The molecular weight excluding hydrogens is 358 g/mol. The van der Waals surface area contributed by atoms with E-state index in [1.165, 1.54) is 0 Å². The van der Waals surface area contributed by atoms with E-state index in [1.54, 1.807) is 15.8 Å². The van der Waals surface area contributed by atoms with Gasteiger partial charge < -0.3 is 19.9 Å². The molecule has 1 amide bonds. The van der Waals surface area contributed by atoms with Gasteiger partial charge in [0.15, 0.2) is 5.96 Å². The van der Waals surface area contributed by atoms with Crippen molar-refractivity contribution in [1.82, 2.24) is 24.9 Å². The van der Waals surface area contributed by atoms with Crippen LogP contribution in [0, 0.1) is 0 Å². The lowest BCUT2D eigenvalue weighted by Gasteiger charge is -2.38. The van der Waals surface area contributed by atoms with Crippen molar-refractivity contribution < 1.29 is 9.53 Å². The zero-order valence-corrected chi connectivity index (χ0v) is 17.5. The molecule has 0 bridgehead atoms. The van der Waals surface area contributed by atoms with E-state index in [0.29, 0.717) is 19.6 Å². The van der Waals surface area contributed by atoms with Crippen molar-refractivity contribution >= 4 is 17.6 Å². The molecule has 1 aromatic heterocycles. The number of aliphatic imine (C=N–C) groups is 1. The van der Waals surface area contributed by atoms with Crippen molar-refractivity contribution in [3.05, 3.63) is 12.4 Å². The van der Waals surface area contributed by atoms with E-state index in [-0.39, 0.29) is 11.5 Å². The molecule has 156 valence electrons. The predicted octanol–water partition coefficient (Wildman–Crippen LogP) is 0.145. The van der Waals surface area contributed by atoms with Crippen LogP contribution < -0.4 is 10.2 Å². The van der Waals surface area contributed by atoms with Crippen molar-refractivity contribution in [3.63, 3.8) is 0 Å². The monoisotopic (exact) mass is 391 g/mol. The van der Waals surface area contributed by atoms with Gasteiger partial charge in [0.25, 0.3) is 0 Å². The van der Waals surface area contributed by atoms with Gasteiger partial charge in [0.2, 0.25) is 5.91 Å². The maximum atomic E-state index is 12.7. The maximum absolute atomic E-state index is 12.7. The summed E-state index contributed by atoms with van der Waals surface area (Å²) in [6, 6.07) is 0. The van der Waals surface area contributed by atoms with Crippen LogP contribution in [0.25, 0.3) is 0 Å². The number of aromatic nitrogens is 2. The number of piperazine rings is 1. The first kappa shape index (κ1) is 20.6. The quantitative estimate of drug-likeness (QED) is 0.569. The molecule has 0 atom stereocenters. The number of morpholine rings is 1. The Hall–Kier alpha value is -2.13. The molecule has 2 aliphatic heterocycles. The van der Waals surface area contributed by atoms with Crippen LogP contribution in [0.2, 0.25) is 0 Å². The Morgan fingerprint density at radius 1 is 1.36 bits per heavy atom. The van der Waals surface area contributed by atoms with Gasteiger partial charge in [-0.25, -0.2) is 0 Å². The lowest BCUT2D eigenvalue weighted by molar-refractivity contribution is -0.120. The summed E-state index contributed by atoms with van der Waals surface area (Å²) in [5.74, 6) is 0.883. The Balaban J connectivity index is 1.56. The van der Waals surface area contributed by atoms with E-state index in [4.69, 9.17) is 9.73 Å². The van der Waals surface area contributed by atoms with Crippen molar-refractivity contribution in [2.24, 2.45) is 12.0 Å². The minimum absolute atomic E-state index is 0.0692. The maximum Gasteiger partial charge on any atom is 0.246 e. The van der Waals surface area contributed by atoms with Gasteiger partial charge in [0, 0.05) is 52.5 Å². The third-order valence-electron chi connectivity index (χ3n) is 5.04. The second-order valence-electron chi connectivity index (χ2n) is 7.96. The molecule has 0 saturated carbocycles. The third-order valence-corrected chi connectivity index (χ3v) is 5.04. The molecular formula is C19H33N7O2. The molecule has 0 spiro atoms. The number of nitrogens with zero attached hydrogens (tertiary/aromatic N) is 6. The first-order valence-corrected chi connectivity index (χ1v) is 10.1. The highest BCUT2D eigenvalue weighted by atomic mass is 16.5. The molecule has 1 N–H and O–H groups in total. The third kappa shape index (κ3) is 5.23. The van der Waals surface area contributed by atoms with Gasteiger partial charge in [-0.15, -0.1) is 0 Å². The molecule has 3 rings (SSSR count). The van der Waals surface area contributed by atoms with Gasteiger partial charge in [-0.2, -0.15) is 5.10 Å². The van der Waals surface area contributed by atoms with Crippen molar-refractivity contribution in [3.8, 4) is 0 Å². The summed E-state index contributed by atoms with van der Waals surface area (Å²) in [6.45, 7) is 13.0. The van der Waals surface area contributed by atoms with Crippen molar-refractivity contribution in [1.29, 1.82) is 0 Å². The fourth-order valence-electron chi connectivity index (χ4n) is 3.70. The minimum atomic E-state index is -0.0957. The summed E-state index contributed by atoms with van der Waals surface area (Å²) in [7, 11) is 1.86. The van der Waals surface area contributed by atoms with Crippen molar-refractivity contribution in [2.75, 3.05) is 63.9 Å². The lowest BCUT2D eigenvalue weighted by atomic mass is 10.1. The van der Waals surface area contributed by atoms with Crippen LogP contribution in [0.5, 0.6) is 0 Å². The topological polar surface area (TPSA) is 78.2 Å². The van der Waals surface area contributed by atoms with E-state index in [9.17, 15) is 4.79 Å². The first-order valence-electron chi connectivity index (χ1n) is 10.1. The zero-order chi connectivity index (χ0) is 20.1. The molecule has 3 heterocycles. The van der Waals surface area contributed by atoms with E-state index < -0.39 is 0 Å². The Bertz CT molecular complexity index is 700. The summed E-state index contributed by atoms with van der Waals surface area (Å²) in [5, 5.41) is 7.50. The second-order valence-corrected chi connectivity index (χ2v) is 7.96. The van der Waals surface area contributed by atoms with Crippen molar-refractivity contribution in [2.45, 2.75) is 26.4 Å². The van der Waals surface area contributed by atoms with E-state index >= 15 is 0 Å². The van der Waals surface area contributed by atoms with Crippen LogP contribution >= 0.6 is 0 Å². The number of nitrogens with one attached hydrogen (secondary N) is 1. The average molecular weight is 392 g/mol. The largest absolute Gasteiger partial charge is 0.373 e. The fourth-order valence-corrected chi connectivity index (χ4v) is 3.70. The normalized spacial score (nSPS) is 21.3. The van der Waals surface area contributed by atoms with Crippen LogP contribution in [0.15, 0.2) is 17.4 Å². The predicted molar refractivity (Wildman–Crippen MR) is 110 cm³/mol. The summed E-state index contributed by atoms with van der Waals surface area (Å²) >= 11 is 0. The smallest absolute Gasteiger partial charge is 0.246 e. The van der Waals surface area contributed by atoms with Gasteiger partial charge >= 0.3 is 0 Å². The van der Waals surface area contributed by atoms with E-state index in [0.717, 1.165) is 51.0 Å².